The minimum Gasteiger partial charge on any atom is -0.494 e. The van der Waals surface area contributed by atoms with E-state index in [1.165, 1.54) is 11.3 Å². The van der Waals surface area contributed by atoms with E-state index in [0.717, 1.165) is 23.4 Å². The highest BCUT2D eigenvalue weighted by molar-refractivity contribution is 5.97. The minimum absolute atomic E-state index is 0.177. The Kier molecular flexibility index (Phi) is 5.14. The average Bonchev–Trinajstić information content (AvgIpc) is 2.61. The van der Waals surface area contributed by atoms with Crippen molar-refractivity contribution in [1.29, 1.82) is 0 Å². The molecule has 1 unspecified atom stereocenters. The van der Waals surface area contributed by atoms with Crippen LogP contribution < -0.4 is 26.4 Å². The van der Waals surface area contributed by atoms with Crippen LogP contribution in [-0.2, 0) is 6.42 Å². The number of methoxy groups -OCH3 is 1. The van der Waals surface area contributed by atoms with Gasteiger partial charge in [-0.25, -0.2) is 4.99 Å². The number of guanidine groups is 1. The van der Waals surface area contributed by atoms with Gasteiger partial charge in [0.05, 0.1) is 7.11 Å². The van der Waals surface area contributed by atoms with E-state index >= 15 is 0 Å². The summed E-state index contributed by atoms with van der Waals surface area (Å²) in [4.78, 5) is 6.46. The van der Waals surface area contributed by atoms with Gasteiger partial charge in [-0.3, -0.25) is 0 Å². The number of fused-ring (bicyclic) bond motifs is 1. The second-order valence-corrected chi connectivity index (χ2v) is 6.45. The number of nitrogens with zero attached hydrogens (tertiary/aromatic N) is 2. The average molecular weight is 351 g/mol. The quantitative estimate of drug-likeness (QED) is 0.769. The van der Waals surface area contributed by atoms with Crippen molar-refractivity contribution in [2.24, 2.45) is 16.5 Å². The molecule has 136 valence electrons. The van der Waals surface area contributed by atoms with E-state index in [2.05, 4.69) is 27.3 Å². The lowest BCUT2D eigenvalue weighted by atomic mass is 10.0. The van der Waals surface area contributed by atoms with Crippen molar-refractivity contribution in [3.8, 4) is 5.75 Å². The van der Waals surface area contributed by atoms with Gasteiger partial charge >= 0.3 is 0 Å². The number of aliphatic imine (C=N–C) groups is 1. The Balaban J connectivity index is 1.91. The molecule has 6 heteroatoms. The number of anilines is 1. The van der Waals surface area contributed by atoms with E-state index in [9.17, 15) is 0 Å². The fraction of sp³-hybridized carbons (Fsp3) is 0.250. The zero-order valence-corrected chi connectivity index (χ0v) is 15.4. The van der Waals surface area contributed by atoms with Crippen LogP contribution in [0, 0.1) is 0 Å². The molecule has 0 fully saturated rings. The van der Waals surface area contributed by atoms with Gasteiger partial charge in [-0.2, -0.15) is 0 Å². The van der Waals surface area contributed by atoms with Crippen LogP contribution in [0.4, 0.5) is 11.4 Å². The van der Waals surface area contributed by atoms with Gasteiger partial charge < -0.3 is 26.4 Å². The molecule has 6 nitrogen and oxygen atoms in total. The molecule has 0 amide bonds. The topological polar surface area (TPSA) is 88.9 Å². The Hall–Kier alpha value is -2.99. The molecule has 5 N–H and O–H groups in total. The van der Waals surface area contributed by atoms with E-state index in [-0.39, 0.29) is 6.04 Å². The molecule has 0 aliphatic carbocycles. The predicted octanol–water partition coefficient (Wildman–Crippen LogP) is 2.22. The van der Waals surface area contributed by atoms with Crippen LogP contribution in [0.25, 0.3) is 5.70 Å². The van der Waals surface area contributed by atoms with Crippen molar-refractivity contribution >= 4 is 23.0 Å². The summed E-state index contributed by atoms with van der Waals surface area (Å²) in [6, 6.07) is 13.9. The molecule has 0 radical (unpaired) electrons. The smallest absolute Gasteiger partial charge is 0.198 e. The molecule has 2 aromatic rings. The first kappa shape index (κ1) is 17.8. The van der Waals surface area contributed by atoms with Crippen LogP contribution in [0.5, 0.6) is 5.75 Å². The minimum atomic E-state index is -0.177. The number of rotatable bonds is 5. The molecule has 2 aromatic carbocycles. The molecule has 0 bridgehead atoms. The molecule has 0 aromatic heterocycles. The van der Waals surface area contributed by atoms with Gasteiger partial charge in [-0.15, -0.1) is 0 Å². The largest absolute Gasteiger partial charge is 0.494 e. The van der Waals surface area contributed by atoms with Crippen LogP contribution >= 0.6 is 0 Å². The number of hydrogen-bond donors (Lipinski definition) is 3. The van der Waals surface area contributed by atoms with Crippen LogP contribution in [0.3, 0.4) is 0 Å². The van der Waals surface area contributed by atoms with Gasteiger partial charge in [-0.1, -0.05) is 30.3 Å². The van der Waals surface area contributed by atoms with Gasteiger partial charge in [0, 0.05) is 37.1 Å². The SMILES string of the molecule is COc1cccc2c1N=C(N)N/C2=C\C(N)Cc1ccccc1N(C)C. The summed E-state index contributed by atoms with van der Waals surface area (Å²) in [5.41, 5.74) is 17.2. The molecule has 0 spiro atoms. The lowest BCUT2D eigenvalue weighted by Gasteiger charge is -2.22. The van der Waals surface area contributed by atoms with Gasteiger partial charge in [0.15, 0.2) is 5.96 Å². The summed E-state index contributed by atoms with van der Waals surface area (Å²) in [6.07, 6.45) is 2.71. The third kappa shape index (κ3) is 3.65. The van der Waals surface area contributed by atoms with Crippen molar-refractivity contribution in [3.63, 3.8) is 0 Å². The summed E-state index contributed by atoms with van der Waals surface area (Å²) in [7, 11) is 5.69. The van der Waals surface area contributed by atoms with Crippen molar-refractivity contribution in [3.05, 3.63) is 59.7 Å². The molecule has 26 heavy (non-hydrogen) atoms. The summed E-state index contributed by atoms with van der Waals surface area (Å²) < 4.78 is 5.40. The van der Waals surface area contributed by atoms with Crippen LogP contribution in [0.2, 0.25) is 0 Å². The molecule has 0 saturated carbocycles. The first-order chi connectivity index (χ1) is 12.5. The number of benzene rings is 2. The highest BCUT2D eigenvalue weighted by Crippen LogP contribution is 2.36. The zero-order chi connectivity index (χ0) is 18.7. The molecule has 0 saturated heterocycles. The maximum atomic E-state index is 6.43. The molecular formula is C20H25N5O. The number of ether oxygens (including phenoxy) is 1. The molecule has 1 heterocycles. The van der Waals surface area contributed by atoms with Gasteiger partial charge in [0.25, 0.3) is 0 Å². The standard InChI is InChI=1S/C20H25N5O/c1-25(2)17-9-5-4-7-13(17)11-14(21)12-16-15-8-6-10-18(26-3)19(15)24-20(22)23-16/h4-10,12,14H,11,21H2,1-3H3,(H3,22,23,24)/b16-12-. The van der Waals surface area contributed by atoms with Crippen LogP contribution in [0.1, 0.15) is 11.1 Å². The third-order valence-electron chi connectivity index (χ3n) is 4.31. The summed E-state index contributed by atoms with van der Waals surface area (Å²) >= 11 is 0. The Bertz CT molecular complexity index is 857. The number of para-hydroxylation sites is 2. The summed E-state index contributed by atoms with van der Waals surface area (Å²) in [6.45, 7) is 0. The van der Waals surface area contributed by atoms with E-state index < -0.39 is 0 Å². The second-order valence-electron chi connectivity index (χ2n) is 6.45. The van der Waals surface area contributed by atoms with E-state index in [0.29, 0.717) is 11.7 Å². The van der Waals surface area contributed by atoms with Crippen molar-refractivity contribution in [1.82, 2.24) is 5.32 Å². The lowest BCUT2D eigenvalue weighted by molar-refractivity contribution is 0.416. The summed E-state index contributed by atoms with van der Waals surface area (Å²) in [5, 5.41) is 3.12. The normalized spacial score (nSPS) is 15.7. The molecule has 1 aliphatic rings. The fourth-order valence-corrected chi connectivity index (χ4v) is 3.15. The van der Waals surface area contributed by atoms with E-state index in [1.54, 1.807) is 7.11 Å². The van der Waals surface area contributed by atoms with E-state index in [4.69, 9.17) is 16.2 Å². The van der Waals surface area contributed by atoms with E-state index in [1.807, 2.05) is 50.5 Å². The maximum Gasteiger partial charge on any atom is 0.198 e. The maximum absolute atomic E-state index is 6.43. The van der Waals surface area contributed by atoms with Crippen molar-refractivity contribution < 1.29 is 4.74 Å². The number of nitrogens with two attached hydrogens (primary N) is 2. The van der Waals surface area contributed by atoms with Gasteiger partial charge in [0.1, 0.15) is 11.4 Å². The molecule has 3 rings (SSSR count). The first-order valence-corrected chi connectivity index (χ1v) is 8.50. The Morgan fingerprint density at radius 1 is 1.19 bits per heavy atom. The van der Waals surface area contributed by atoms with Gasteiger partial charge in [-0.05, 0) is 30.2 Å². The fourth-order valence-electron chi connectivity index (χ4n) is 3.15. The molecule has 1 atom stereocenters. The zero-order valence-electron chi connectivity index (χ0n) is 15.4. The van der Waals surface area contributed by atoms with Gasteiger partial charge in [0.2, 0.25) is 0 Å². The van der Waals surface area contributed by atoms with Crippen molar-refractivity contribution in [2.45, 2.75) is 12.5 Å². The Labute approximate surface area is 154 Å². The number of hydrogen-bond acceptors (Lipinski definition) is 6. The third-order valence-corrected chi connectivity index (χ3v) is 4.31. The van der Waals surface area contributed by atoms with Crippen molar-refractivity contribution in [2.75, 3.05) is 26.1 Å². The predicted molar refractivity (Wildman–Crippen MR) is 108 cm³/mol. The number of nitrogens with one attached hydrogen (secondary N) is 1. The summed E-state index contributed by atoms with van der Waals surface area (Å²) in [5.74, 6) is 1.01. The first-order valence-electron chi connectivity index (χ1n) is 8.50. The lowest BCUT2D eigenvalue weighted by Crippen LogP contribution is -2.34. The molecule has 1 aliphatic heterocycles. The van der Waals surface area contributed by atoms with Crippen LogP contribution in [0.15, 0.2) is 53.5 Å². The Morgan fingerprint density at radius 2 is 1.96 bits per heavy atom. The highest BCUT2D eigenvalue weighted by Gasteiger charge is 2.19. The second kappa shape index (κ2) is 7.49. The molecular weight excluding hydrogens is 326 g/mol. The Morgan fingerprint density at radius 3 is 2.69 bits per heavy atom. The monoisotopic (exact) mass is 351 g/mol. The van der Waals surface area contributed by atoms with Crippen LogP contribution in [-0.4, -0.2) is 33.2 Å². The highest BCUT2D eigenvalue weighted by atomic mass is 16.5.